The van der Waals surface area contributed by atoms with Crippen LogP contribution in [0.25, 0.3) is 11.4 Å². The van der Waals surface area contributed by atoms with E-state index in [4.69, 9.17) is 5.73 Å². The first-order chi connectivity index (χ1) is 8.49. The van der Waals surface area contributed by atoms with Crippen LogP contribution >= 0.6 is 12.8 Å². The molecule has 7 heteroatoms. The van der Waals surface area contributed by atoms with Crippen LogP contribution in [-0.4, -0.2) is 16.0 Å². The van der Waals surface area contributed by atoms with Crippen LogP contribution in [0.2, 0.25) is 0 Å². The minimum absolute atomic E-state index is 0.260. The number of primary amides is 1. The van der Waals surface area contributed by atoms with E-state index in [2.05, 4.69) is 22.8 Å². The number of aryl methyl sites for hydroxylation is 1. The van der Waals surface area contributed by atoms with Crippen molar-refractivity contribution in [1.29, 1.82) is 0 Å². The molecule has 0 atom stereocenters. The summed E-state index contributed by atoms with van der Waals surface area (Å²) in [6.07, 6.45) is 1.61. The van der Waals surface area contributed by atoms with Crippen molar-refractivity contribution in [2.45, 2.75) is 6.92 Å². The Hall–Kier alpha value is -2.02. The lowest BCUT2D eigenvalue weighted by Gasteiger charge is -2.13. The zero-order chi connectivity index (χ0) is 13.3. The van der Waals surface area contributed by atoms with E-state index in [-0.39, 0.29) is 5.69 Å². The van der Waals surface area contributed by atoms with E-state index in [9.17, 15) is 9.18 Å². The number of urea groups is 1. The molecule has 3 N–H and O–H groups in total. The highest BCUT2D eigenvalue weighted by molar-refractivity contribution is 7.82. The number of aromatic amines is 1. The summed E-state index contributed by atoms with van der Waals surface area (Å²) in [5.41, 5.74) is 6.45. The van der Waals surface area contributed by atoms with Crippen LogP contribution in [-0.2, 0) is 0 Å². The number of aromatic nitrogens is 2. The van der Waals surface area contributed by atoms with E-state index in [1.54, 1.807) is 6.20 Å². The molecule has 0 fully saturated rings. The van der Waals surface area contributed by atoms with Crippen LogP contribution in [0.15, 0.2) is 24.4 Å². The van der Waals surface area contributed by atoms with Crippen molar-refractivity contribution in [2.24, 2.45) is 5.73 Å². The highest BCUT2D eigenvalue weighted by atomic mass is 32.1. The third-order valence-electron chi connectivity index (χ3n) is 2.36. The van der Waals surface area contributed by atoms with Gasteiger partial charge in [-0.3, -0.25) is 0 Å². The number of H-pyrrole nitrogens is 1. The summed E-state index contributed by atoms with van der Waals surface area (Å²) in [6.45, 7) is 1.82. The molecule has 0 spiro atoms. The van der Waals surface area contributed by atoms with Gasteiger partial charge in [0.1, 0.15) is 11.6 Å². The van der Waals surface area contributed by atoms with E-state index in [1.165, 1.54) is 18.2 Å². The van der Waals surface area contributed by atoms with Crippen LogP contribution in [0, 0.1) is 12.7 Å². The molecule has 94 valence electrons. The highest BCUT2D eigenvalue weighted by Gasteiger charge is 2.13. The number of nitrogens with one attached hydrogen (secondary N) is 1. The van der Waals surface area contributed by atoms with Gasteiger partial charge in [0.15, 0.2) is 0 Å². The average molecular weight is 266 g/mol. The Morgan fingerprint density at radius 3 is 2.78 bits per heavy atom. The average Bonchev–Trinajstić information content (AvgIpc) is 2.74. The molecule has 1 aromatic carbocycles. The second-order valence-electron chi connectivity index (χ2n) is 3.73. The lowest BCUT2D eigenvalue weighted by molar-refractivity contribution is 0.257. The van der Waals surface area contributed by atoms with Crippen LogP contribution in [0.1, 0.15) is 5.69 Å². The molecule has 18 heavy (non-hydrogen) atoms. The van der Waals surface area contributed by atoms with Gasteiger partial charge in [-0.25, -0.2) is 18.5 Å². The molecular formula is C11H11FN4OS. The summed E-state index contributed by atoms with van der Waals surface area (Å²) in [4.78, 5) is 17.9. The van der Waals surface area contributed by atoms with Gasteiger partial charge in [-0.15, -0.1) is 0 Å². The van der Waals surface area contributed by atoms with Gasteiger partial charge in [0.05, 0.1) is 11.3 Å². The van der Waals surface area contributed by atoms with Gasteiger partial charge in [-0.2, -0.15) is 0 Å². The second kappa shape index (κ2) is 4.69. The molecule has 0 unspecified atom stereocenters. The number of carbonyl (C=O) groups excluding carboxylic acids is 1. The number of carbonyl (C=O) groups is 1. The summed E-state index contributed by atoms with van der Waals surface area (Å²) >= 11 is 3.86. The SMILES string of the molecule is Cc1cnc(-c2ccc(N(S)C(N)=O)cc2F)[nH]1. The van der Waals surface area contributed by atoms with Gasteiger partial charge in [-0.05, 0) is 25.1 Å². The normalized spacial score (nSPS) is 10.4. The van der Waals surface area contributed by atoms with Gasteiger partial charge in [0, 0.05) is 11.9 Å². The standard InChI is InChI=1S/C11H11FN4OS/c1-6-5-14-10(15-6)8-3-2-7(4-9(8)12)16(18)11(13)17/h2-5,18H,1H3,(H2,13,17)(H,14,15). The zero-order valence-corrected chi connectivity index (χ0v) is 10.4. The van der Waals surface area contributed by atoms with Crippen molar-refractivity contribution in [3.8, 4) is 11.4 Å². The van der Waals surface area contributed by atoms with E-state index < -0.39 is 11.8 Å². The molecule has 2 aromatic rings. The Morgan fingerprint density at radius 2 is 2.28 bits per heavy atom. The third kappa shape index (κ3) is 2.30. The predicted octanol–water partition coefficient (Wildman–Crippen LogP) is 2.25. The monoisotopic (exact) mass is 266 g/mol. The molecule has 0 bridgehead atoms. The molecule has 2 amide bonds. The van der Waals surface area contributed by atoms with Crippen molar-refractivity contribution >= 4 is 24.5 Å². The van der Waals surface area contributed by atoms with Gasteiger partial charge in [0.2, 0.25) is 0 Å². The predicted molar refractivity (Wildman–Crippen MR) is 69.8 cm³/mol. The number of thiol groups is 1. The number of anilines is 1. The summed E-state index contributed by atoms with van der Waals surface area (Å²) < 4.78 is 14.8. The molecule has 2 rings (SSSR count). The van der Waals surface area contributed by atoms with Crippen molar-refractivity contribution in [2.75, 3.05) is 4.31 Å². The molecule has 1 aromatic heterocycles. The highest BCUT2D eigenvalue weighted by Crippen LogP contribution is 2.25. The lowest BCUT2D eigenvalue weighted by Crippen LogP contribution is -2.27. The van der Waals surface area contributed by atoms with E-state index in [1.807, 2.05) is 6.92 Å². The summed E-state index contributed by atoms with van der Waals surface area (Å²) in [5.74, 6) is -0.0801. The Kier molecular flexibility index (Phi) is 3.24. The van der Waals surface area contributed by atoms with Crippen LogP contribution in [0.5, 0.6) is 0 Å². The maximum Gasteiger partial charge on any atom is 0.329 e. The Balaban J connectivity index is 2.39. The molecule has 0 aliphatic carbocycles. The summed E-state index contributed by atoms with van der Waals surface area (Å²) in [6, 6.07) is 3.44. The molecule has 0 aliphatic rings. The van der Waals surface area contributed by atoms with Crippen molar-refractivity contribution < 1.29 is 9.18 Å². The lowest BCUT2D eigenvalue weighted by atomic mass is 10.2. The smallest absolute Gasteiger partial charge is 0.329 e. The Labute approximate surface area is 108 Å². The van der Waals surface area contributed by atoms with Crippen LogP contribution in [0.3, 0.4) is 0 Å². The molecule has 0 saturated carbocycles. The van der Waals surface area contributed by atoms with Crippen molar-refractivity contribution in [3.05, 3.63) is 35.9 Å². The number of nitrogens with zero attached hydrogens (tertiary/aromatic N) is 2. The Morgan fingerprint density at radius 1 is 1.56 bits per heavy atom. The van der Waals surface area contributed by atoms with Crippen molar-refractivity contribution in [3.63, 3.8) is 0 Å². The number of benzene rings is 1. The number of hydrogen-bond acceptors (Lipinski definition) is 3. The molecule has 0 saturated heterocycles. The molecule has 5 nitrogen and oxygen atoms in total. The van der Waals surface area contributed by atoms with Crippen LogP contribution < -0.4 is 10.0 Å². The molecule has 0 radical (unpaired) electrons. The largest absolute Gasteiger partial charge is 0.350 e. The van der Waals surface area contributed by atoms with Crippen molar-refractivity contribution in [1.82, 2.24) is 9.97 Å². The fraction of sp³-hybridized carbons (Fsp3) is 0.0909. The number of hydrogen-bond donors (Lipinski definition) is 3. The van der Waals surface area contributed by atoms with E-state index in [0.717, 1.165) is 10.00 Å². The summed E-state index contributed by atoms with van der Waals surface area (Å²) in [5, 5.41) is 0. The maximum atomic E-state index is 13.9. The number of imidazole rings is 1. The minimum Gasteiger partial charge on any atom is -0.350 e. The van der Waals surface area contributed by atoms with E-state index >= 15 is 0 Å². The van der Waals surface area contributed by atoms with Crippen LogP contribution in [0.4, 0.5) is 14.9 Å². The number of rotatable bonds is 2. The first kappa shape index (κ1) is 12.4. The number of nitrogens with two attached hydrogens (primary N) is 1. The fourth-order valence-corrected chi connectivity index (χ4v) is 1.63. The Bertz CT molecular complexity index is 598. The van der Waals surface area contributed by atoms with Gasteiger partial charge >= 0.3 is 6.03 Å². The molecule has 0 aliphatic heterocycles. The van der Waals surface area contributed by atoms with Gasteiger partial charge in [0.25, 0.3) is 0 Å². The quantitative estimate of drug-likeness (QED) is 0.729. The zero-order valence-electron chi connectivity index (χ0n) is 9.51. The first-order valence-electron chi connectivity index (χ1n) is 5.09. The second-order valence-corrected chi connectivity index (χ2v) is 4.13. The first-order valence-corrected chi connectivity index (χ1v) is 5.49. The van der Waals surface area contributed by atoms with Gasteiger partial charge in [-0.1, -0.05) is 12.8 Å². The number of halogens is 1. The van der Waals surface area contributed by atoms with E-state index in [0.29, 0.717) is 11.4 Å². The third-order valence-corrected chi connectivity index (χ3v) is 2.79. The topological polar surface area (TPSA) is 75.0 Å². The maximum absolute atomic E-state index is 13.9. The summed E-state index contributed by atoms with van der Waals surface area (Å²) in [7, 11) is 0. The minimum atomic E-state index is -0.778. The molecular weight excluding hydrogens is 255 g/mol. The fourth-order valence-electron chi connectivity index (χ4n) is 1.50. The number of amides is 2. The van der Waals surface area contributed by atoms with Gasteiger partial charge < -0.3 is 10.7 Å². The molecule has 1 heterocycles.